The monoisotopic (exact) mass is 327 g/mol. The van der Waals surface area contributed by atoms with Gasteiger partial charge in [-0.2, -0.15) is 0 Å². The highest BCUT2D eigenvalue weighted by Gasteiger charge is 2.13. The van der Waals surface area contributed by atoms with E-state index in [0.29, 0.717) is 6.42 Å². The second kappa shape index (κ2) is 8.97. The van der Waals surface area contributed by atoms with E-state index in [1.54, 1.807) is 7.11 Å². The number of rotatable bonds is 8. The van der Waals surface area contributed by atoms with Crippen LogP contribution in [0.25, 0.3) is 0 Å². The Morgan fingerprint density at radius 2 is 2.16 bits per heavy atom. The molecule has 1 aromatic rings. The largest absolute Gasteiger partial charge is 0.497 e. The summed E-state index contributed by atoms with van der Waals surface area (Å²) in [5.41, 5.74) is 1.00. The maximum Gasteiger partial charge on any atom is 0.227 e. The quantitative estimate of drug-likeness (QED) is 0.686. The number of alkyl halides is 1. The van der Waals surface area contributed by atoms with Gasteiger partial charge in [0.05, 0.1) is 13.5 Å². The molecule has 3 nitrogen and oxygen atoms in total. The van der Waals surface area contributed by atoms with E-state index in [1.165, 1.54) is 0 Å². The van der Waals surface area contributed by atoms with Crippen molar-refractivity contribution < 1.29 is 9.53 Å². The molecule has 0 aliphatic carbocycles. The Morgan fingerprint density at radius 1 is 1.37 bits per heavy atom. The molecule has 19 heavy (non-hydrogen) atoms. The number of amides is 1. The van der Waals surface area contributed by atoms with Crippen molar-refractivity contribution >= 4 is 21.8 Å². The fraction of sp³-hybridized carbons (Fsp3) is 0.533. The minimum atomic E-state index is 0.182. The maximum atomic E-state index is 12.3. The van der Waals surface area contributed by atoms with E-state index >= 15 is 0 Å². The molecular weight excluding hydrogens is 306 g/mol. The van der Waals surface area contributed by atoms with Gasteiger partial charge in [0.15, 0.2) is 0 Å². The molecule has 0 saturated heterocycles. The molecule has 1 amide bonds. The Kier molecular flexibility index (Phi) is 7.56. The number of nitrogens with zero attached hydrogens (tertiary/aromatic N) is 1. The fourth-order valence-electron chi connectivity index (χ4n) is 1.88. The Bertz CT molecular complexity index is 395. The molecule has 106 valence electrons. The number of hydrogen-bond acceptors (Lipinski definition) is 2. The van der Waals surface area contributed by atoms with Crippen LogP contribution < -0.4 is 4.74 Å². The van der Waals surface area contributed by atoms with Crippen LogP contribution in [0.2, 0.25) is 0 Å². The van der Waals surface area contributed by atoms with Crippen LogP contribution in [0.3, 0.4) is 0 Å². The van der Waals surface area contributed by atoms with Crippen molar-refractivity contribution in [3.8, 4) is 5.75 Å². The lowest BCUT2D eigenvalue weighted by atomic mass is 10.1. The van der Waals surface area contributed by atoms with Crippen LogP contribution in [-0.2, 0) is 11.2 Å². The number of unbranched alkanes of at least 4 members (excludes halogenated alkanes) is 1. The summed E-state index contributed by atoms with van der Waals surface area (Å²) in [6.07, 6.45) is 2.59. The minimum Gasteiger partial charge on any atom is -0.497 e. The zero-order valence-corrected chi connectivity index (χ0v) is 13.3. The molecule has 1 aromatic carbocycles. The highest BCUT2D eigenvalue weighted by Crippen LogP contribution is 2.14. The summed E-state index contributed by atoms with van der Waals surface area (Å²) in [6, 6.07) is 7.69. The van der Waals surface area contributed by atoms with E-state index in [4.69, 9.17) is 4.74 Å². The van der Waals surface area contributed by atoms with E-state index in [-0.39, 0.29) is 5.91 Å². The van der Waals surface area contributed by atoms with Crippen LogP contribution >= 0.6 is 15.9 Å². The minimum absolute atomic E-state index is 0.182. The van der Waals surface area contributed by atoms with Gasteiger partial charge in [-0.15, -0.1) is 0 Å². The van der Waals surface area contributed by atoms with Crippen LogP contribution in [0.5, 0.6) is 5.75 Å². The van der Waals surface area contributed by atoms with E-state index in [0.717, 1.165) is 42.6 Å². The third-order valence-electron chi connectivity index (χ3n) is 2.98. The van der Waals surface area contributed by atoms with Crippen LogP contribution in [-0.4, -0.2) is 36.3 Å². The SMILES string of the molecule is CCCCN(CCBr)C(=O)Cc1cccc(OC)c1. The molecular formula is C15H22BrNO2. The molecule has 0 bridgehead atoms. The van der Waals surface area contributed by atoms with Crippen molar-refractivity contribution in [2.75, 3.05) is 25.5 Å². The molecule has 1 rings (SSSR count). The fourth-order valence-corrected chi connectivity index (χ4v) is 2.31. The highest BCUT2D eigenvalue weighted by molar-refractivity contribution is 9.09. The Morgan fingerprint density at radius 3 is 2.79 bits per heavy atom. The van der Waals surface area contributed by atoms with Gasteiger partial charge in [0, 0.05) is 18.4 Å². The summed E-state index contributed by atoms with van der Waals surface area (Å²) >= 11 is 3.40. The number of hydrogen-bond donors (Lipinski definition) is 0. The lowest BCUT2D eigenvalue weighted by molar-refractivity contribution is -0.130. The van der Waals surface area contributed by atoms with E-state index < -0.39 is 0 Å². The smallest absolute Gasteiger partial charge is 0.227 e. The number of methoxy groups -OCH3 is 1. The van der Waals surface area contributed by atoms with Crippen molar-refractivity contribution in [1.29, 1.82) is 0 Å². The lowest BCUT2D eigenvalue weighted by Gasteiger charge is -2.21. The van der Waals surface area contributed by atoms with E-state index in [9.17, 15) is 4.79 Å². The van der Waals surface area contributed by atoms with E-state index in [2.05, 4.69) is 22.9 Å². The number of halogens is 1. The predicted molar refractivity (Wildman–Crippen MR) is 82.0 cm³/mol. The molecule has 0 spiro atoms. The number of carbonyl (C=O) groups excluding carboxylic acids is 1. The molecule has 0 aliphatic rings. The van der Waals surface area contributed by atoms with Gasteiger partial charge in [0.2, 0.25) is 5.91 Å². The first-order valence-electron chi connectivity index (χ1n) is 6.68. The average Bonchev–Trinajstić information content (AvgIpc) is 2.43. The molecule has 0 aromatic heterocycles. The van der Waals surface area contributed by atoms with Crippen molar-refractivity contribution in [3.05, 3.63) is 29.8 Å². The Labute approximate surface area is 124 Å². The van der Waals surface area contributed by atoms with Gasteiger partial charge in [0.1, 0.15) is 5.75 Å². The number of benzene rings is 1. The van der Waals surface area contributed by atoms with Gasteiger partial charge in [0.25, 0.3) is 0 Å². The first kappa shape index (κ1) is 16.0. The summed E-state index contributed by atoms with van der Waals surface area (Å²) in [4.78, 5) is 14.2. The van der Waals surface area contributed by atoms with Crippen molar-refractivity contribution in [2.45, 2.75) is 26.2 Å². The van der Waals surface area contributed by atoms with Gasteiger partial charge in [-0.1, -0.05) is 41.4 Å². The van der Waals surface area contributed by atoms with Crippen molar-refractivity contribution in [1.82, 2.24) is 4.90 Å². The average molecular weight is 328 g/mol. The van der Waals surface area contributed by atoms with Crippen LogP contribution in [0.4, 0.5) is 0 Å². The number of carbonyl (C=O) groups is 1. The third-order valence-corrected chi connectivity index (χ3v) is 3.33. The topological polar surface area (TPSA) is 29.5 Å². The van der Waals surface area contributed by atoms with Gasteiger partial charge >= 0.3 is 0 Å². The highest BCUT2D eigenvalue weighted by atomic mass is 79.9. The summed E-state index contributed by atoms with van der Waals surface area (Å²) in [6.45, 7) is 3.74. The molecule has 0 aliphatic heterocycles. The zero-order valence-electron chi connectivity index (χ0n) is 11.7. The molecule has 0 fully saturated rings. The predicted octanol–water partition coefficient (Wildman–Crippen LogP) is 3.26. The molecule has 0 N–H and O–H groups in total. The molecule has 4 heteroatoms. The zero-order chi connectivity index (χ0) is 14.1. The molecule has 0 radical (unpaired) electrons. The summed E-state index contributed by atoms with van der Waals surface area (Å²) in [5, 5.41) is 0.820. The Balaban J connectivity index is 2.63. The van der Waals surface area contributed by atoms with Crippen molar-refractivity contribution in [2.24, 2.45) is 0 Å². The van der Waals surface area contributed by atoms with Gasteiger partial charge in [-0.25, -0.2) is 0 Å². The van der Waals surface area contributed by atoms with Gasteiger partial charge < -0.3 is 9.64 Å². The Hall–Kier alpha value is -1.03. The first-order chi connectivity index (χ1) is 9.21. The van der Waals surface area contributed by atoms with Crippen LogP contribution in [0.15, 0.2) is 24.3 Å². The third kappa shape index (κ3) is 5.64. The molecule has 0 atom stereocenters. The summed E-state index contributed by atoms with van der Waals surface area (Å²) < 4.78 is 5.18. The second-order valence-electron chi connectivity index (χ2n) is 4.45. The first-order valence-corrected chi connectivity index (χ1v) is 7.80. The standard InChI is InChI=1S/C15H22BrNO2/c1-3-4-9-17(10-8-16)15(18)12-13-6-5-7-14(11-13)19-2/h5-7,11H,3-4,8-10,12H2,1-2H3. The van der Waals surface area contributed by atoms with Gasteiger partial charge in [-0.3, -0.25) is 4.79 Å². The lowest BCUT2D eigenvalue weighted by Crippen LogP contribution is -2.34. The van der Waals surface area contributed by atoms with Crippen LogP contribution in [0.1, 0.15) is 25.3 Å². The van der Waals surface area contributed by atoms with Crippen molar-refractivity contribution in [3.63, 3.8) is 0 Å². The van der Waals surface area contributed by atoms with Crippen LogP contribution in [0, 0.1) is 0 Å². The molecule has 0 unspecified atom stereocenters. The second-order valence-corrected chi connectivity index (χ2v) is 5.24. The van der Waals surface area contributed by atoms with Gasteiger partial charge in [-0.05, 0) is 24.1 Å². The summed E-state index contributed by atoms with van der Waals surface area (Å²) in [5.74, 6) is 0.979. The molecule has 0 heterocycles. The molecule has 0 saturated carbocycles. The number of ether oxygens (including phenoxy) is 1. The maximum absolute atomic E-state index is 12.3. The van der Waals surface area contributed by atoms with E-state index in [1.807, 2.05) is 29.2 Å². The summed E-state index contributed by atoms with van der Waals surface area (Å²) in [7, 11) is 1.64. The normalized spacial score (nSPS) is 10.3.